The Bertz CT molecular complexity index is 3780. The number of hydrogen-bond donors (Lipinski definition) is 0. The first-order chi connectivity index (χ1) is 32.0. The molecule has 306 valence electrons. The van der Waals surface area contributed by atoms with Crippen LogP contribution in [0.2, 0.25) is 0 Å². The fourth-order valence-electron chi connectivity index (χ4n) is 9.67. The SMILES string of the molecule is Cc1ccc2c(c1)c1cc(C)ccc1n2-c1c(-c2ccccc2)cc(-c2nc(-c3ccc4c(c3)oc3ccccc34)nc(-c3ccc4c(c3)oc3ccccc34)n2)cc1-c1ccccc1. The maximum absolute atomic E-state index is 6.39. The highest BCUT2D eigenvalue weighted by Gasteiger charge is 2.24. The van der Waals surface area contributed by atoms with Crippen molar-refractivity contribution in [1.82, 2.24) is 19.5 Å². The van der Waals surface area contributed by atoms with Gasteiger partial charge in [-0.25, -0.2) is 15.0 Å². The smallest absolute Gasteiger partial charge is 0.164 e. The Morgan fingerprint density at radius 1 is 0.323 bits per heavy atom. The molecule has 0 aliphatic heterocycles. The fourth-order valence-corrected chi connectivity index (χ4v) is 9.67. The van der Waals surface area contributed by atoms with Crippen molar-refractivity contribution in [2.75, 3.05) is 0 Å². The van der Waals surface area contributed by atoms with E-state index in [4.69, 9.17) is 23.8 Å². The summed E-state index contributed by atoms with van der Waals surface area (Å²) in [4.78, 5) is 15.9. The van der Waals surface area contributed by atoms with Gasteiger partial charge in [0.15, 0.2) is 17.5 Å². The second-order valence-electron chi connectivity index (χ2n) is 17.0. The van der Waals surface area contributed by atoms with Crippen molar-refractivity contribution in [3.05, 3.63) is 205 Å². The third kappa shape index (κ3) is 6.06. The molecule has 0 fully saturated rings. The number of furan rings is 2. The molecule has 13 rings (SSSR count). The predicted octanol–water partition coefficient (Wildman–Crippen LogP) is 15.7. The number of rotatable bonds is 6. The molecule has 0 saturated heterocycles. The predicted molar refractivity (Wildman–Crippen MR) is 265 cm³/mol. The molecule has 0 atom stereocenters. The third-order valence-electron chi connectivity index (χ3n) is 12.7. The van der Waals surface area contributed by atoms with E-state index < -0.39 is 0 Å². The molecular weight excluding hydrogens is 797 g/mol. The molecule has 6 nitrogen and oxygen atoms in total. The van der Waals surface area contributed by atoms with Gasteiger partial charge in [0.05, 0.1) is 16.7 Å². The zero-order chi connectivity index (χ0) is 43.2. The molecule has 0 N–H and O–H groups in total. The lowest BCUT2D eigenvalue weighted by Gasteiger charge is -2.21. The monoisotopic (exact) mass is 834 g/mol. The summed E-state index contributed by atoms with van der Waals surface area (Å²) in [7, 11) is 0. The van der Waals surface area contributed by atoms with Crippen molar-refractivity contribution in [1.29, 1.82) is 0 Å². The average molecular weight is 835 g/mol. The summed E-state index contributed by atoms with van der Waals surface area (Å²) in [6.45, 7) is 4.33. The van der Waals surface area contributed by atoms with Crippen molar-refractivity contribution in [3.8, 4) is 62.1 Å². The van der Waals surface area contributed by atoms with Crippen LogP contribution in [0.1, 0.15) is 11.1 Å². The fraction of sp³-hybridized carbons (Fsp3) is 0.0339. The molecule has 0 saturated carbocycles. The number of benzene rings is 9. The lowest BCUT2D eigenvalue weighted by atomic mass is 9.92. The van der Waals surface area contributed by atoms with Crippen LogP contribution in [0.15, 0.2) is 203 Å². The van der Waals surface area contributed by atoms with Gasteiger partial charge in [0.25, 0.3) is 0 Å². The third-order valence-corrected chi connectivity index (χ3v) is 12.7. The molecule has 0 aliphatic rings. The van der Waals surface area contributed by atoms with Gasteiger partial charge < -0.3 is 13.4 Å². The minimum atomic E-state index is 0.539. The summed E-state index contributed by atoms with van der Waals surface area (Å²) in [6, 6.07) is 68.1. The quantitative estimate of drug-likeness (QED) is 0.167. The zero-order valence-electron chi connectivity index (χ0n) is 35.6. The molecule has 0 radical (unpaired) electrons. The summed E-state index contributed by atoms with van der Waals surface area (Å²) in [6.07, 6.45) is 0. The van der Waals surface area contributed by atoms with Crippen LogP contribution in [0.5, 0.6) is 0 Å². The second-order valence-corrected chi connectivity index (χ2v) is 17.0. The minimum absolute atomic E-state index is 0.539. The minimum Gasteiger partial charge on any atom is -0.456 e. The van der Waals surface area contributed by atoms with E-state index in [1.54, 1.807) is 0 Å². The number of fused-ring (bicyclic) bond motifs is 9. The van der Waals surface area contributed by atoms with E-state index in [9.17, 15) is 0 Å². The highest BCUT2D eigenvalue weighted by molar-refractivity contribution is 6.12. The lowest BCUT2D eigenvalue weighted by Crippen LogP contribution is -2.04. The van der Waals surface area contributed by atoms with Gasteiger partial charge in [0, 0.05) is 60.1 Å². The van der Waals surface area contributed by atoms with Crippen LogP contribution in [-0.2, 0) is 0 Å². The van der Waals surface area contributed by atoms with E-state index >= 15 is 0 Å². The first-order valence-corrected chi connectivity index (χ1v) is 21.9. The van der Waals surface area contributed by atoms with Crippen LogP contribution in [0, 0.1) is 13.8 Å². The van der Waals surface area contributed by atoms with Crippen LogP contribution in [0.4, 0.5) is 0 Å². The van der Waals surface area contributed by atoms with Gasteiger partial charge >= 0.3 is 0 Å². The molecule has 0 unspecified atom stereocenters. The molecule has 0 amide bonds. The number of para-hydroxylation sites is 2. The van der Waals surface area contributed by atoms with Crippen molar-refractivity contribution in [2.24, 2.45) is 0 Å². The summed E-state index contributed by atoms with van der Waals surface area (Å²) >= 11 is 0. The van der Waals surface area contributed by atoms with E-state index in [1.165, 1.54) is 21.9 Å². The van der Waals surface area contributed by atoms with E-state index in [-0.39, 0.29) is 0 Å². The molecule has 65 heavy (non-hydrogen) atoms. The zero-order valence-corrected chi connectivity index (χ0v) is 35.6. The highest BCUT2D eigenvalue weighted by atomic mass is 16.3. The van der Waals surface area contributed by atoms with Crippen LogP contribution in [-0.4, -0.2) is 19.5 Å². The molecule has 0 bridgehead atoms. The number of aromatic nitrogens is 4. The maximum Gasteiger partial charge on any atom is 0.164 e. The van der Waals surface area contributed by atoms with E-state index in [2.05, 4.69) is 164 Å². The van der Waals surface area contributed by atoms with Gasteiger partial charge in [-0.2, -0.15) is 0 Å². The first-order valence-electron chi connectivity index (χ1n) is 21.9. The Morgan fingerprint density at radius 3 is 1.22 bits per heavy atom. The Kier molecular flexibility index (Phi) is 8.24. The van der Waals surface area contributed by atoms with E-state index in [1.807, 2.05) is 48.5 Å². The van der Waals surface area contributed by atoms with Gasteiger partial charge in [-0.1, -0.05) is 132 Å². The van der Waals surface area contributed by atoms with Crippen LogP contribution >= 0.6 is 0 Å². The van der Waals surface area contributed by atoms with Crippen molar-refractivity contribution >= 4 is 65.7 Å². The topological polar surface area (TPSA) is 69.9 Å². The Hall–Kier alpha value is -8.61. The van der Waals surface area contributed by atoms with Crippen LogP contribution < -0.4 is 0 Å². The molecule has 6 heteroatoms. The molecule has 13 aromatic rings. The summed E-state index contributed by atoms with van der Waals surface area (Å²) in [5.41, 5.74) is 15.8. The van der Waals surface area contributed by atoms with Crippen molar-refractivity contribution < 1.29 is 8.83 Å². The maximum atomic E-state index is 6.39. The number of hydrogen-bond acceptors (Lipinski definition) is 5. The Balaban J connectivity index is 1.10. The molecule has 4 heterocycles. The molecular formula is C59H38N4O2. The molecule has 4 aromatic heterocycles. The molecule has 0 aliphatic carbocycles. The second kappa shape index (κ2) is 14.5. The highest BCUT2D eigenvalue weighted by Crippen LogP contribution is 2.44. The largest absolute Gasteiger partial charge is 0.456 e. The Morgan fingerprint density at radius 2 is 0.738 bits per heavy atom. The normalized spacial score (nSPS) is 11.8. The van der Waals surface area contributed by atoms with Crippen molar-refractivity contribution in [3.63, 3.8) is 0 Å². The van der Waals surface area contributed by atoms with Gasteiger partial charge in [-0.05, 0) is 97.8 Å². The molecule has 9 aromatic carbocycles. The summed E-state index contributed by atoms with van der Waals surface area (Å²) in [5.74, 6) is 1.63. The lowest BCUT2D eigenvalue weighted by molar-refractivity contribution is 0.668. The van der Waals surface area contributed by atoms with Gasteiger partial charge in [-0.3, -0.25) is 0 Å². The van der Waals surface area contributed by atoms with E-state index in [0.29, 0.717) is 17.5 Å². The standard InChI is InChI=1S/C59H38N4O2/c1-35-21-27-50-48(29-35)49-30-36(2)22-28-51(49)63(50)56-46(37-13-5-3-6-14-37)31-41(32-47(56)38-15-7-4-8-16-38)59-61-57(39-23-25-44-42-17-9-11-19-52(42)64-54(44)33-39)60-58(62-59)40-24-26-45-43-18-10-12-20-53(43)65-55(45)34-40/h3-34H,1-2H3. The van der Waals surface area contributed by atoms with Gasteiger partial charge in [-0.15, -0.1) is 0 Å². The van der Waals surface area contributed by atoms with Crippen molar-refractivity contribution in [2.45, 2.75) is 13.8 Å². The molecule has 0 spiro atoms. The van der Waals surface area contributed by atoms with Gasteiger partial charge in [0.1, 0.15) is 22.3 Å². The number of nitrogens with zero attached hydrogens (tertiary/aromatic N) is 4. The average Bonchev–Trinajstić information content (AvgIpc) is 4.02. The first kappa shape index (κ1) is 37.0. The summed E-state index contributed by atoms with van der Waals surface area (Å²) < 4.78 is 15.2. The van der Waals surface area contributed by atoms with Crippen LogP contribution in [0.25, 0.3) is 128 Å². The van der Waals surface area contributed by atoms with Crippen LogP contribution in [0.3, 0.4) is 0 Å². The van der Waals surface area contributed by atoms with E-state index in [0.717, 1.165) is 99.5 Å². The summed E-state index contributed by atoms with van der Waals surface area (Å²) in [5, 5.41) is 6.67. The Labute approximate surface area is 373 Å². The number of aryl methyl sites for hydroxylation is 2. The van der Waals surface area contributed by atoms with Gasteiger partial charge in [0.2, 0.25) is 0 Å².